The van der Waals surface area contributed by atoms with E-state index in [-0.39, 0.29) is 5.78 Å². The SMILES string of the molecule is Cc1cccc2c1C(=O)C(c1ccccc1)=C2c1ccccc1. The third-order valence-electron chi connectivity index (χ3n) is 4.37. The van der Waals surface area contributed by atoms with E-state index in [9.17, 15) is 4.79 Å². The quantitative estimate of drug-likeness (QED) is 0.639. The van der Waals surface area contributed by atoms with Gasteiger partial charge in [0.15, 0.2) is 5.78 Å². The zero-order valence-corrected chi connectivity index (χ0v) is 12.9. The number of carbonyl (C=O) groups excluding carboxylic acids is 1. The van der Waals surface area contributed by atoms with Gasteiger partial charge in [-0.25, -0.2) is 0 Å². The third-order valence-corrected chi connectivity index (χ3v) is 4.37. The highest BCUT2D eigenvalue weighted by Gasteiger charge is 2.32. The van der Waals surface area contributed by atoms with Crippen LogP contribution >= 0.6 is 0 Å². The number of Topliss-reactive ketones (excluding diaryl/α,β-unsaturated/α-hetero) is 1. The van der Waals surface area contributed by atoms with Crippen LogP contribution < -0.4 is 0 Å². The zero-order valence-electron chi connectivity index (χ0n) is 12.9. The Labute approximate surface area is 135 Å². The van der Waals surface area contributed by atoms with Crippen molar-refractivity contribution < 1.29 is 4.79 Å². The molecule has 1 nitrogen and oxygen atoms in total. The fraction of sp³-hybridized carbons (Fsp3) is 0.0455. The van der Waals surface area contributed by atoms with Crippen LogP contribution in [0, 0.1) is 6.92 Å². The van der Waals surface area contributed by atoms with Gasteiger partial charge < -0.3 is 0 Å². The fourth-order valence-electron chi connectivity index (χ4n) is 3.34. The molecule has 0 saturated heterocycles. The van der Waals surface area contributed by atoms with E-state index in [0.717, 1.165) is 39.0 Å². The van der Waals surface area contributed by atoms with E-state index in [4.69, 9.17) is 0 Å². The number of fused-ring (bicyclic) bond motifs is 1. The Balaban J connectivity index is 2.07. The second-order valence-corrected chi connectivity index (χ2v) is 5.81. The zero-order chi connectivity index (χ0) is 15.8. The van der Waals surface area contributed by atoms with Crippen LogP contribution in [0.15, 0.2) is 78.9 Å². The first kappa shape index (κ1) is 13.7. The lowest BCUT2D eigenvalue weighted by Gasteiger charge is -2.08. The van der Waals surface area contributed by atoms with Crippen LogP contribution in [0.25, 0.3) is 11.1 Å². The Kier molecular flexibility index (Phi) is 3.20. The lowest BCUT2D eigenvalue weighted by atomic mass is 9.94. The molecular weight excluding hydrogens is 280 g/mol. The average molecular weight is 296 g/mol. The molecule has 0 saturated carbocycles. The maximum Gasteiger partial charge on any atom is 0.195 e. The maximum atomic E-state index is 13.1. The van der Waals surface area contributed by atoms with Crippen LogP contribution in [0.3, 0.4) is 0 Å². The van der Waals surface area contributed by atoms with Gasteiger partial charge in [0.05, 0.1) is 0 Å². The number of benzene rings is 3. The van der Waals surface area contributed by atoms with Crippen molar-refractivity contribution in [3.05, 3.63) is 107 Å². The summed E-state index contributed by atoms with van der Waals surface area (Å²) < 4.78 is 0. The van der Waals surface area contributed by atoms with Crippen molar-refractivity contribution in [3.63, 3.8) is 0 Å². The fourth-order valence-corrected chi connectivity index (χ4v) is 3.34. The Morgan fingerprint density at radius 2 is 1.17 bits per heavy atom. The highest BCUT2D eigenvalue weighted by molar-refractivity contribution is 6.41. The minimum absolute atomic E-state index is 0.128. The molecule has 0 N–H and O–H groups in total. The van der Waals surface area contributed by atoms with Crippen LogP contribution in [0.4, 0.5) is 0 Å². The van der Waals surface area contributed by atoms with Gasteiger partial charge in [0, 0.05) is 16.7 Å². The van der Waals surface area contributed by atoms with Crippen molar-refractivity contribution in [1.82, 2.24) is 0 Å². The van der Waals surface area contributed by atoms with Gasteiger partial charge in [0.2, 0.25) is 0 Å². The number of carbonyl (C=O) groups is 1. The van der Waals surface area contributed by atoms with Crippen molar-refractivity contribution in [2.75, 3.05) is 0 Å². The van der Waals surface area contributed by atoms with E-state index in [1.54, 1.807) is 0 Å². The van der Waals surface area contributed by atoms with E-state index >= 15 is 0 Å². The number of rotatable bonds is 2. The predicted octanol–water partition coefficient (Wildman–Crippen LogP) is 5.15. The first-order valence-corrected chi connectivity index (χ1v) is 7.77. The van der Waals surface area contributed by atoms with Crippen LogP contribution in [0.1, 0.15) is 32.6 Å². The normalized spacial score (nSPS) is 13.3. The first-order chi connectivity index (χ1) is 11.3. The summed E-state index contributed by atoms with van der Waals surface area (Å²) in [7, 11) is 0. The number of hydrogen-bond donors (Lipinski definition) is 0. The van der Waals surface area contributed by atoms with Crippen LogP contribution in [-0.2, 0) is 0 Å². The van der Waals surface area contributed by atoms with Crippen molar-refractivity contribution >= 4 is 16.9 Å². The van der Waals surface area contributed by atoms with E-state index in [1.807, 2.05) is 67.6 Å². The third kappa shape index (κ3) is 2.13. The molecule has 0 atom stereocenters. The van der Waals surface area contributed by atoms with Crippen molar-refractivity contribution in [1.29, 1.82) is 0 Å². The van der Waals surface area contributed by atoms with Gasteiger partial charge in [0.25, 0.3) is 0 Å². The summed E-state index contributed by atoms with van der Waals surface area (Å²) in [5.41, 5.74) is 6.83. The molecule has 0 aromatic heterocycles. The molecule has 0 heterocycles. The highest BCUT2D eigenvalue weighted by atomic mass is 16.1. The summed E-state index contributed by atoms with van der Waals surface area (Å²) >= 11 is 0. The van der Waals surface area contributed by atoms with Crippen LogP contribution in [0.5, 0.6) is 0 Å². The highest BCUT2D eigenvalue weighted by Crippen LogP contribution is 2.42. The largest absolute Gasteiger partial charge is 0.289 e. The second-order valence-electron chi connectivity index (χ2n) is 5.81. The monoisotopic (exact) mass is 296 g/mol. The summed E-state index contributed by atoms with van der Waals surface area (Å²) in [6, 6.07) is 26.2. The molecule has 1 aliphatic rings. The summed E-state index contributed by atoms with van der Waals surface area (Å²) in [5.74, 6) is 0.128. The van der Waals surface area contributed by atoms with Crippen molar-refractivity contribution in [3.8, 4) is 0 Å². The number of hydrogen-bond acceptors (Lipinski definition) is 1. The Morgan fingerprint density at radius 3 is 1.78 bits per heavy atom. The van der Waals surface area contributed by atoms with Crippen LogP contribution in [-0.4, -0.2) is 5.78 Å². The Hall–Kier alpha value is -2.93. The van der Waals surface area contributed by atoms with Gasteiger partial charge in [-0.05, 0) is 29.2 Å². The van der Waals surface area contributed by atoms with Crippen molar-refractivity contribution in [2.24, 2.45) is 0 Å². The van der Waals surface area contributed by atoms with E-state index < -0.39 is 0 Å². The summed E-state index contributed by atoms with van der Waals surface area (Å²) in [4.78, 5) is 13.1. The van der Waals surface area contributed by atoms with Gasteiger partial charge in [0.1, 0.15) is 0 Å². The van der Waals surface area contributed by atoms with Gasteiger partial charge in [-0.3, -0.25) is 4.79 Å². The summed E-state index contributed by atoms with van der Waals surface area (Å²) in [5, 5.41) is 0. The molecule has 23 heavy (non-hydrogen) atoms. The molecule has 1 aliphatic carbocycles. The molecule has 0 fully saturated rings. The summed E-state index contributed by atoms with van der Waals surface area (Å²) in [6.45, 7) is 2.01. The molecule has 110 valence electrons. The first-order valence-electron chi connectivity index (χ1n) is 7.77. The lowest BCUT2D eigenvalue weighted by Crippen LogP contribution is -2.00. The number of ketones is 1. The number of aryl methyl sites for hydroxylation is 1. The molecule has 0 bridgehead atoms. The lowest BCUT2D eigenvalue weighted by molar-refractivity contribution is 0.105. The molecule has 3 aromatic carbocycles. The smallest absolute Gasteiger partial charge is 0.195 e. The van der Waals surface area contributed by atoms with Gasteiger partial charge in [-0.15, -0.1) is 0 Å². The second kappa shape index (κ2) is 5.36. The Morgan fingerprint density at radius 1 is 0.609 bits per heavy atom. The van der Waals surface area contributed by atoms with Crippen molar-refractivity contribution in [2.45, 2.75) is 6.92 Å². The molecule has 1 heteroatoms. The van der Waals surface area contributed by atoms with Crippen LogP contribution in [0.2, 0.25) is 0 Å². The van der Waals surface area contributed by atoms with E-state index in [1.165, 1.54) is 0 Å². The molecule has 0 radical (unpaired) electrons. The minimum Gasteiger partial charge on any atom is -0.289 e. The standard InChI is InChI=1S/C22H16O/c1-15-9-8-14-18-19(15)22(23)21(17-12-6-3-7-13-17)20(18)16-10-4-2-5-11-16/h2-14H,1H3. The Bertz CT molecular complexity index is 919. The van der Waals surface area contributed by atoms with E-state index in [2.05, 4.69) is 18.2 Å². The van der Waals surface area contributed by atoms with Gasteiger partial charge >= 0.3 is 0 Å². The molecule has 0 spiro atoms. The molecule has 3 aromatic rings. The molecule has 4 rings (SSSR count). The average Bonchev–Trinajstić information content (AvgIpc) is 2.90. The molecular formula is C22H16O. The topological polar surface area (TPSA) is 17.1 Å². The van der Waals surface area contributed by atoms with Gasteiger partial charge in [-0.1, -0.05) is 78.9 Å². The summed E-state index contributed by atoms with van der Waals surface area (Å²) in [6.07, 6.45) is 0. The molecule has 0 unspecified atom stereocenters. The number of allylic oxidation sites excluding steroid dienone is 1. The predicted molar refractivity (Wildman–Crippen MR) is 94.3 cm³/mol. The van der Waals surface area contributed by atoms with E-state index in [0.29, 0.717) is 0 Å². The maximum absolute atomic E-state index is 13.1. The molecule has 0 aliphatic heterocycles. The molecule has 0 amide bonds. The minimum atomic E-state index is 0.128. The van der Waals surface area contributed by atoms with Gasteiger partial charge in [-0.2, -0.15) is 0 Å².